The summed E-state index contributed by atoms with van der Waals surface area (Å²) in [7, 11) is 0. The summed E-state index contributed by atoms with van der Waals surface area (Å²) in [5.41, 5.74) is 3.18. The largest absolute Gasteiger partial charge is 0.339 e. The average molecular weight is 365 g/mol. The average Bonchev–Trinajstić information content (AvgIpc) is 3.31. The van der Waals surface area contributed by atoms with Gasteiger partial charge in [0.1, 0.15) is 5.82 Å². The van der Waals surface area contributed by atoms with Crippen LogP contribution in [0.2, 0.25) is 0 Å². The number of hydrogen-bond donors (Lipinski definition) is 0. The fourth-order valence-electron chi connectivity index (χ4n) is 3.40. The number of hydrogen-bond acceptors (Lipinski definition) is 4. The Kier molecular flexibility index (Phi) is 4.48. The summed E-state index contributed by atoms with van der Waals surface area (Å²) in [6.07, 6.45) is 1.24. The van der Waals surface area contributed by atoms with Gasteiger partial charge in [0.25, 0.3) is 0 Å². The fourth-order valence-corrected chi connectivity index (χ4v) is 3.40. The number of amides is 1. The number of aryl methyl sites for hydroxylation is 1. The maximum absolute atomic E-state index is 13.8. The molecule has 0 N–H and O–H groups in total. The van der Waals surface area contributed by atoms with Gasteiger partial charge in [-0.05, 0) is 31.0 Å². The number of nitrogens with zero attached hydrogens (tertiary/aromatic N) is 3. The predicted molar refractivity (Wildman–Crippen MR) is 100.0 cm³/mol. The van der Waals surface area contributed by atoms with Gasteiger partial charge < -0.3 is 9.42 Å². The van der Waals surface area contributed by atoms with Crippen LogP contribution in [0.4, 0.5) is 10.1 Å². The summed E-state index contributed by atoms with van der Waals surface area (Å²) in [5.74, 6) is 0.367. The van der Waals surface area contributed by atoms with E-state index in [-0.39, 0.29) is 24.1 Å². The molecule has 1 aliphatic rings. The number of benzene rings is 2. The summed E-state index contributed by atoms with van der Waals surface area (Å²) in [6.45, 7) is 4.18. The van der Waals surface area contributed by atoms with E-state index in [0.29, 0.717) is 29.5 Å². The Labute approximate surface area is 156 Å². The van der Waals surface area contributed by atoms with Crippen molar-refractivity contribution in [2.45, 2.75) is 32.6 Å². The molecule has 138 valence electrons. The summed E-state index contributed by atoms with van der Waals surface area (Å²) in [6, 6.07) is 12.8. The van der Waals surface area contributed by atoms with E-state index in [9.17, 15) is 9.18 Å². The number of rotatable bonds is 4. The lowest BCUT2D eigenvalue weighted by atomic mass is 10.1. The van der Waals surface area contributed by atoms with E-state index >= 15 is 0 Å². The molecule has 0 spiro atoms. The number of halogens is 1. The molecule has 0 radical (unpaired) electrons. The number of carbonyl (C=O) groups excluding carboxylic acids is 1. The Balaban J connectivity index is 1.56. The summed E-state index contributed by atoms with van der Waals surface area (Å²) in [4.78, 5) is 18.6. The van der Waals surface area contributed by atoms with E-state index < -0.39 is 0 Å². The first-order valence-electron chi connectivity index (χ1n) is 9.05. The van der Waals surface area contributed by atoms with Gasteiger partial charge in [-0.1, -0.05) is 42.4 Å². The predicted octanol–water partition coefficient (Wildman–Crippen LogP) is 4.27. The monoisotopic (exact) mass is 365 g/mol. The molecule has 27 heavy (non-hydrogen) atoms. The van der Waals surface area contributed by atoms with Crippen LogP contribution in [0.5, 0.6) is 0 Å². The van der Waals surface area contributed by atoms with Gasteiger partial charge in [0.05, 0.1) is 5.92 Å². The molecule has 1 saturated heterocycles. The molecule has 2 aromatic carbocycles. The second-order valence-electron chi connectivity index (χ2n) is 6.80. The van der Waals surface area contributed by atoms with E-state index in [0.717, 1.165) is 12.0 Å². The first kappa shape index (κ1) is 17.4. The Morgan fingerprint density at radius 1 is 1.22 bits per heavy atom. The van der Waals surface area contributed by atoms with Crippen LogP contribution >= 0.6 is 0 Å². The quantitative estimate of drug-likeness (QED) is 0.693. The normalized spacial score (nSPS) is 16.9. The molecule has 1 amide bonds. The van der Waals surface area contributed by atoms with Crippen LogP contribution < -0.4 is 4.90 Å². The molecule has 5 nitrogen and oxygen atoms in total. The maximum atomic E-state index is 13.8. The maximum Gasteiger partial charge on any atom is 0.232 e. The zero-order valence-electron chi connectivity index (χ0n) is 15.3. The Morgan fingerprint density at radius 3 is 2.74 bits per heavy atom. The van der Waals surface area contributed by atoms with Crippen molar-refractivity contribution in [3.63, 3.8) is 0 Å². The molecule has 4 rings (SSSR count). The van der Waals surface area contributed by atoms with Crippen LogP contribution in [-0.4, -0.2) is 22.6 Å². The molecular formula is C21H20FN3O2. The Bertz CT molecular complexity index is 981. The molecule has 1 aliphatic heterocycles. The van der Waals surface area contributed by atoms with Gasteiger partial charge >= 0.3 is 0 Å². The van der Waals surface area contributed by atoms with E-state index in [4.69, 9.17) is 4.52 Å². The lowest BCUT2D eigenvalue weighted by molar-refractivity contribution is -0.117. The van der Waals surface area contributed by atoms with Crippen molar-refractivity contribution < 1.29 is 13.7 Å². The third kappa shape index (κ3) is 3.23. The minimum atomic E-state index is -0.320. The van der Waals surface area contributed by atoms with E-state index in [2.05, 4.69) is 17.1 Å². The van der Waals surface area contributed by atoms with Gasteiger partial charge in [0.2, 0.25) is 17.6 Å². The number of anilines is 1. The SMILES string of the molecule is CCc1ccc(-c2noc(C3CC(=O)N(c4cccc(F)c4C)C3)n2)cc1. The van der Waals surface area contributed by atoms with Crippen molar-refractivity contribution in [3.8, 4) is 11.4 Å². The molecule has 0 saturated carbocycles. The minimum absolute atomic E-state index is 0.0688. The molecule has 1 atom stereocenters. The van der Waals surface area contributed by atoms with E-state index in [1.165, 1.54) is 11.6 Å². The standard InChI is InChI=1S/C21H20FN3O2/c1-3-14-7-9-15(10-8-14)20-23-21(27-24-20)16-11-19(26)25(12-16)18-6-4-5-17(22)13(18)2/h4-10,16H,3,11-12H2,1-2H3. The van der Waals surface area contributed by atoms with E-state index in [1.54, 1.807) is 24.0 Å². The first-order chi connectivity index (χ1) is 13.1. The fraction of sp³-hybridized carbons (Fsp3) is 0.286. The van der Waals surface area contributed by atoms with Gasteiger partial charge in [-0.3, -0.25) is 4.79 Å². The molecule has 6 heteroatoms. The summed E-state index contributed by atoms with van der Waals surface area (Å²) >= 11 is 0. The molecule has 0 bridgehead atoms. The topological polar surface area (TPSA) is 59.2 Å². The second kappa shape index (κ2) is 6.95. The zero-order chi connectivity index (χ0) is 19.0. The molecule has 0 aliphatic carbocycles. The van der Waals surface area contributed by atoms with Crippen LogP contribution in [0.15, 0.2) is 47.0 Å². The van der Waals surface area contributed by atoms with Gasteiger partial charge in [-0.2, -0.15) is 4.98 Å². The number of carbonyl (C=O) groups is 1. The number of aromatic nitrogens is 2. The molecule has 1 aromatic heterocycles. The third-order valence-electron chi connectivity index (χ3n) is 5.07. The van der Waals surface area contributed by atoms with Gasteiger partial charge in [0, 0.05) is 29.8 Å². The Morgan fingerprint density at radius 2 is 2.00 bits per heavy atom. The highest BCUT2D eigenvalue weighted by Gasteiger charge is 2.36. The van der Waals surface area contributed by atoms with Crippen LogP contribution in [0.3, 0.4) is 0 Å². The van der Waals surface area contributed by atoms with Crippen molar-refractivity contribution in [2.24, 2.45) is 0 Å². The van der Waals surface area contributed by atoms with E-state index in [1.807, 2.05) is 24.3 Å². The van der Waals surface area contributed by atoms with Crippen LogP contribution in [0.25, 0.3) is 11.4 Å². The van der Waals surface area contributed by atoms with Crippen LogP contribution in [0.1, 0.15) is 36.3 Å². The summed E-state index contributed by atoms with van der Waals surface area (Å²) < 4.78 is 19.3. The van der Waals surface area contributed by atoms with Crippen LogP contribution in [-0.2, 0) is 11.2 Å². The molecule has 1 unspecified atom stereocenters. The van der Waals surface area contributed by atoms with Crippen molar-refractivity contribution >= 4 is 11.6 Å². The van der Waals surface area contributed by atoms with Gasteiger partial charge in [0.15, 0.2) is 0 Å². The van der Waals surface area contributed by atoms with Crippen molar-refractivity contribution in [1.29, 1.82) is 0 Å². The lowest BCUT2D eigenvalue weighted by Gasteiger charge is -2.18. The minimum Gasteiger partial charge on any atom is -0.339 e. The van der Waals surface area contributed by atoms with Crippen LogP contribution in [0, 0.1) is 12.7 Å². The van der Waals surface area contributed by atoms with Crippen molar-refractivity contribution in [2.75, 3.05) is 11.4 Å². The van der Waals surface area contributed by atoms with Crippen molar-refractivity contribution in [3.05, 3.63) is 65.3 Å². The first-order valence-corrected chi connectivity index (χ1v) is 9.05. The summed E-state index contributed by atoms with van der Waals surface area (Å²) in [5, 5.41) is 4.07. The van der Waals surface area contributed by atoms with Gasteiger partial charge in [-0.25, -0.2) is 4.39 Å². The van der Waals surface area contributed by atoms with Gasteiger partial charge in [-0.15, -0.1) is 0 Å². The smallest absolute Gasteiger partial charge is 0.232 e. The molecule has 3 aromatic rings. The highest BCUT2D eigenvalue weighted by molar-refractivity contribution is 5.97. The Hall–Kier alpha value is -3.02. The lowest BCUT2D eigenvalue weighted by Crippen LogP contribution is -2.25. The highest BCUT2D eigenvalue weighted by atomic mass is 19.1. The zero-order valence-corrected chi connectivity index (χ0v) is 15.3. The molecular weight excluding hydrogens is 345 g/mol. The highest BCUT2D eigenvalue weighted by Crippen LogP contribution is 2.34. The second-order valence-corrected chi connectivity index (χ2v) is 6.80. The molecule has 1 fully saturated rings. The third-order valence-corrected chi connectivity index (χ3v) is 5.07. The van der Waals surface area contributed by atoms with Crippen molar-refractivity contribution in [1.82, 2.24) is 10.1 Å². The molecule has 2 heterocycles.